The number of carbonyl (C=O) groups is 1. The van der Waals surface area contributed by atoms with Gasteiger partial charge in [0.1, 0.15) is 18.1 Å². The van der Waals surface area contributed by atoms with Gasteiger partial charge in [0.2, 0.25) is 0 Å². The number of carbonyl (C=O) groups excluding carboxylic acids is 1. The van der Waals surface area contributed by atoms with E-state index in [1.54, 1.807) is 29.2 Å². The molecule has 22 heavy (non-hydrogen) atoms. The highest BCUT2D eigenvalue weighted by atomic mass is 35.5. The van der Waals surface area contributed by atoms with E-state index in [9.17, 15) is 4.79 Å². The predicted octanol–water partition coefficient (Wildman–Crippen LogP) is 2.82. The molecule has 0 bridgehead atoms. The van der Waals surface area contributed by atoms with Crippen molar-refractivity contribution in [1.29, 1.82) is 0 Å². The molecule has 1 aromatic rings. The summed E-state index contributed by atoms with van der Waals surface area (Å²) in [5, 5.41) is 3.79. The van der Waals surface area contributed by atoms with Crippen LogP contribution in [0.5, 0.6) is 5.75 Å². The van der Waals surface area contributed by atoms with Crippen LogP contribution in [0.2, 0.25) is 5.02 Å². The molecule has 0 unspecified atom stereocenters. The number of halogens is 1. The molecule has 6 heteroatoms. The number of thiocarbonyl (C=S) groups is 1. The van der Waals surface area contributed by atoms with Gasteiger partial charge in [-0.1, -0.05) is 30.5 Å². The second-order valence-corrected chi connectivity index (χ2v) is 5.42. The summed E-state index contributed by atoms with van der Waals surface area (Å²) in [6.07, 6.45) is 7.69. The number of terminal acetylenes is 1. The van der Waals surface area contributed by atoms with E-state index >= 15 is 0 Å². The highest BCUT2D eigenvalue weighted by molar-refractivity contribution is 7.80. The Morgan fingerprint density at radius 1 is 1.55 bits per heavy atom. The Kier molecular flexibility index (Phi) is 5.42. The topological polar surface area (TPSA) is 41.6 Å². The lowest BCUT2D eigenvalue weighted by Crippen LogP contribution is -2.31. The minimum Gasteiger partial charge on any atom is -0.479 e. The fraction of sp³-hybridized carbons (Fsp3) is 0.250. The monoisotopic (exact) mass is 334 g/mol. The van der Waals surface area contributed by atoms with E-state index < -0.39 is 0 Å². The minimum absolute atomic E-state index is 0.129. The first-order chi connectivity index (χ1) is 10.6. The van der Waals surface area contributed by atoms with Crippen molar-refractivity contribution < 1.29 is 9.53 Å². The zero-order chi connectivity index (χ0) is 16.1. The molecule has 0 aromatic heterocycles. The number of benzene rings is 1. The maximum atomic E-state index is 12.2. The quantitative estimate of drug-likeness (QED) is 0.511. The number of hydrogen-bond donors (Lipinski definition) is 1. The fourth-order valence-corrected chi connectivity index (χ4v) is 2.54. The molecule has 0 aliphatic carbocycles. The highest BCUT2D eigenvalue weighted by Crippen LogP contribution is 2.26. The third kappa shape index (κ3) is 3.59. The van der Waals surface area contributed by atoms with Gasteiger partial charge in [0.05, 0.1) is 5.02 Å². The van der Waals surface area contributed by atoms with E-state index in [2.05, 4.69) is 11.2 Å². The summed E-state index contributed by atoms with van der Waals surface area (Å²) >= 11 is 11.3. The van der Waals surface area contributed by atoms with Crippen LogP contribution < -0.4 is 10.1 Å². The smallest absolute Gasteiger partial charge is 0.276 e. The largest absolute Gasteiger partial charge is 0.479 e. The molecule has 0 atom stereocenters. The van der Waals surface area contributed by atoms with Crippen LogP contribution in [0.1, 0.15) is 18.9 Å². The molecule has 1 aliphatic rings. The molecule has 1 aromatic carbocycles. The highest BCUT2D eigenvalue weighted by Gasteiger charge is 2.29. The number of nitrogens with zero attached hydrogens (tertiary/aromatic N) is 1. The van der Waals surface area contributed by atoms with Gasteiger partial charge in [-0.2, -0.15) is 0 Å². The van der Waals surface area contributed by atoms with Crippen LogP contribution in [0.3, 0.4) is 0 Å². The first-order valence-corrected chi connectivity index (χ1v) is 7.55. The van der Waals surface area contributed by atoms with E-state index in [0.717, 1.165) is 12.0 Å². The van der Waals surface area contributed by atoms with Gasteiger partial charge >= 0.3 is 0 Å². The molecule has 1 aliphatic heterocycles. The van der Waals surface area contributed by atoms with Gasteiger partial charge in [-0.25, -0.2) is 0 Å². The fourth-order valence-electron chi connectivity index (χ4n) is 2.01. The van der Waals surface area contributed by atoms with Crippen LogP contribution in [0.4, 0.5) is 0 Å². The summed E-state index contributed by atoms with van der Waals surface area (Å²) < 4.78 is 5.30. The number of rotatable bonds is 5. The maximum absolute atomic E-state index is 12.2. The summed E-state index contributed by atoms with van der Waals surface area (Å²) in [5.41, 5.74) is 1.21. The molecular formula is C16H15ClN2O2S. The SMILES string of the molecule is C#CCOc1ccc(C=C2NC(=S)N(CCC)C2=O)cc1Cl. The van der Waals surface area contributed by atoms with E-state index in [-0.39, 0.29) is 12.5 Å². The number of ether oxygens (including phenoxy) is 1. The van der Waals surface area contributed by atoms with Crippen molar-refractivity contribution in [2.45, 2.75) is 13.3 Å². The normalized spacial score (nSPS) is 15.9. The summed E-state index contributed by atoms with van der Waals surface area (Å²) in [7, 11) is 0. The Balaban J connectivity index is 2.20. The molecule has 114 valence electrons. The first kappa shape index (κ1) is 16.3. The molecule has 0 radical (unpaired) electrons. The molecule has 1 N–H and O–H groups in total. The Labute approximate surface area is 140 Å². The average molecular weight is 335 g/mol. The van der Waals surface area contributed by atoms with Crippen LogP contribution in [0.15, 0.2) is 23.9 Å². The maximum Gasteiger partial charge on any atom is 0.276 e. The lowest BCUT2D eigenvalue weighted by Gasteiger charge is -2.11. The van der Waals surface area contributed by atoms with Gasteiger partial charge in [0.25, 0.3) is 5.91 Å². The van der Waals surface area contributed by atoms with Crippen LogP contribution in [-0.4, -0.2) is 29.1 Å². The van der Waals surface area contributed by atoms with Gasteiger partial charge in [0, 0.05) is 6.54 Å². The van der Waals surface area contributed by atoms with Crippen LogP contribution in [0.25, 0.3) is 6.08 Å². The van der Waals surface area contributed by atoms with Gasteiger partial charge in [-0.05, 0) is 42.4 Å². The summed E-state index contributed by atoms with van der Waals surface area (Å²) in [6, 6.07) is 5.22. The second kappa shape index (κ2) is 7.30. The van der Waals surface area contributed by atoms with Gasteiger partial charge in [-0.3, -0.25) is 9.69 Å². The Hall–Kier alpha value is -2.03. The predicted molar refractivity (Wildman–Crippen MR) is 91.5 cm³/mol. The molecule has 0 spiro atoms. The lowest BCUT2D eigenvalue weighted by atomic mass is 10.2. The third-order valence-electron chi connectivity index (χ3n) is 2.99. The van der Waals surface area contributed by atoms with Gasteiger partial charge < -0.3 is 10.1 Å². The molecule has 1 fully saturated rings. The van der Waals surface area contributed by atoms with Crippen molar-refractivity contribution in [3.05, 3.63) is 34.5 Å². The molecule has 1 saturated heterocycles. The van der Waals surface area contributed by atoms with E-state index in [1.807, 2.05) is 6.92 Å². The number of nitrogens with one attached hydrogen (secondary N) is 1. The van der Waals surface area contributed by atoms with Crippen LogP contribution in [-0.2, 0) is 4.79 Å². The van der Waals surface area contributed by atoms with Crippen molar-refractivity contribution in [2.24, 2.45) is 0 Å². The van der Waals surface area contributed by atoms with E-state index in [4.69, 9.17) is 35.0 Å². The molecule has 4 nitrogen and oxygen atoms in total. The van der Waals surface area contributed by atoms with Crippen molar-refractivity contribution in [3.63, 3.8) is 0 Å². The van der Waals surface area contributed by atoms with Crippen molar-refractivity contribution in [2.75, 3.05) is 13.2 Å². The third-order valence-corrected chi connectivity index (χ3v) is 3.61. The summed E-state index contributed by atoms with van der Waals surface area (Å²) in [4.78, 5) is 13.8. The van der Waals surface area contributed by atoms with E-state index in [1.165, 1.54) is 0 Å². The molecule has 1 heterocycles. The molecular weight excluding hydrogens is 320 g/mol. The molecule has 1 amide bonds. The Bertz CT molecular complexity index is 679. The van der Waals surface area contributed by atoms with Crippen molar-refractivity contribution in [3.8, 4) is 18.1 Å². The first-order valence-electron chi connectivity index (χ1n) is 6.77. The van der Waals surface area contributed by atoms with Crippen LogP contribution in [0, 0.1) is 12.3 Å². The average Bonchev–Trinajstić information content (AvgIpc) is 2.74. The number of hydrogen-bond acceptors (Lipinski definition) is 3. The van der Waals surface area contributed by atoms with Crippen molar-refractivity contribution >= 4 is 40.9 Å². The second-order valence-electron chi connectivity index (χ2n) is 4.63. The standard InChI is InChI=1S/C16H15ClN2O2S/c1-3-7-19-15(20)13(18-16(19)22)10-11-5-6-14(12(17)9-11)21-8-4-2/h2,5-6,9-10H,3,7-8H2,1H3,(H,18,22). The summed E-state index contributed by atoms with van der Waals surface area (Å²) in [5.74, 6) is 2.76. The molecule has 2 rings (SSSR count). The number of amides is 1. The van der Waals surface area contributed by atoms with E-state index in [0.29, 0.717) is 28.1 Å². The zero-order valence-corrected chi connectivity index (χ0v) is 13.6. The van der Waals surface area contributed by atoms with Gasteiger partial charge in [-0.15, -0.1) is 6.42 Å². The lowest BCUT2D eigenvalue weighted by molar-refractivity contribution is -0.122. The van der Waals surface area contributed by atoms with Crippen molar-refractivity contribution in [1.82, 2.24) is 10.2 Å². The molecule has 0 saturated carbocycles. The summed E-state index contributed by atoms with van der Waals surface area (Å²) in [6.45, 7) is 2.74. The Morgan fingerprint density at radius 3 is 2.95 bits per heavy atom. The van der Waals surface area contributed by atoms with Crippen LogP contribution >= 0.6 is 23.8 Å². The zero-order valence-electron chi connectivity index (χ0n) is 12.1. The van der Waals surface area contributed by atoms with Gasteiger partial charge in [0.15, 0.2) is 5.11 Å². The Morgan fingerprint density at radius 2 is 2.32 bits per heavy atom. The minimum atomic E-state index is -0.129.